The minimum Gasteiger partial charge on any atom is -0.493 e. The van der Waals surface area contributed by atoms with Gasteiger partial charge < -0.3 is 24.3 Å². The van der Waals surface area contributed by atoms with E-state index in [9.17, 15) is 15.3 Å². The minimum absolute atomic E-state index is 0.0298. The van der Waals surface area contributed by atoms with Gasteiger partial charge in [0.2, 0.25) is 0 Å². The highest BCUT2D eigenvalue weighted by atomic mass is 16.7. The van der Waals surface area contributed by atoms with Gasteiger partial charge in [0.05, 0.1) is 25.0 Å². The molecule has 1 rings (SSSR count). The van der Waals surface area contributed by atoms with Crippen LogP contribution >= 0.6 is 0 Å². The van der Waals surface area contributed by atoms with Crippen LogP contribution in [0.5, 0.6) is 11.5 Å². The average molecular weight is 347 g/mol. The van der Waals surface area contributed by atoms with Crippen LogP contribution in [0.15, 0.2) is 6.07 Å². The normalized spacial score (nSPS) is 10.4. The van der Waals surface area contributed by atoms with Crippen LogP contribution < -0.4 is 14.8 Å². The van der Waals surface area contributed by atoms with Crippen molar-refractivity contribution in [2.45, 2.75) is 26.4 Å². The molecule has 0 fully saturated rings. The molecule has 25 heavy (non-hydrogen) atoms. The number of anilines is 1. The van der Waals surface area contributed by atoms with Crippen LogP contribution in [0.25, 0.3) is 0 Å². The van der Waals surface area contributed by atoms with Gasteiger partial charge in [-0.25, -0.2) is 4.79 Å². The van der Waals surface area contributed by atoms with Crippen molar-refractivity contribution in [3.63, 3.8) is 0 Å². The number of carbonyl (C=O) groups excluding carboxylic acids is 1. The van der Waals surface area contributed by atoms with E-state index in [1.165, 1.54) is 20.3 Å². The monoisotopic (exact) mass is 347 g/mol. The van der Waals surface area contributed by atoms with E-state index in [4.69, 9.17) is 18.9 Å². The van der Waals surface area contributed by atoms with E-state index < -0.39 is 11.8 Å². The molecule has 1 aromatic rings. The summed E-state index contributed by atoms with van der Waals surface area (Å²) in [7, 11) is 2.88. The van der Waals surface area contributed by atoms with Gasteiger partial charge in [0.1, 0.15) is 23.3 Å². The van der Waals surface area contributed by atoms with Gasteiger partial charge in [-0.2, -0.15) is 10.5 Å². The number of rotatable bonds is 6. The molecule has 0 amide bonds. The molecule has 0 heterocycles. The van der Waals surface area contributed by atoms with Gasteiger partial charge >= 0.3 is 6.16 Å². The molecule has 0 atom stereocenters. The van der Waals surface area contributed by atoms with Crippen LogP contribution in [0.4, 0.5) is 10.5 Å². The van der Waals surface area contributed by atoms with Crippen molar-refractivity contribution in [2.75, 3.05) is 32.7 Å². The summed E-state index contributed by atoms with van der Waals surface area (Å²) in [6, 6.07) is 5.31. The van der Waals surface area contributed by atoms with E-state index in [0.29, 0.717) is 13.2 Å². The van der Waals surface area contributed by atoms with E-state index in [1.807, 2.05) is 12.1 Å². The molecule has 0 spiro atoms. The fraction of sp³-hybridized carbons (Fsp3) is 0.471. The second-order valence-electron chi connectivity index (χ2n) is 5.92. The fourth-order valence-electron chi connectivity index (χ4n) is 1.90. The second kappa shape index (κ2) is 8.76. The number of carbonyl (C=O) groups is 1. The summed E-state index contributed by atoms with van der Waals surface area (Å²) in [5.74, 6) is -0.0329. The summed E-state index contributed by atoms with van der Waals surface area (Å²) in [6.45, 7) is 5.79. The highest BCUT2D eigenvalue weighted by Crippen LogP contribution is 2.39. The van der Waals surface area contributed by atoms with Crippen LogP contribution in [-0.4, -0.2) is 39.1 Å². The third kappa shape index (κ3) is 5.55. The molecule has 0 saturated heterocycles. The first kappa shape index (κ1) is 20.1. The predicted octanol–water partition coefficient (Wildman–Crippen LogP) is 2.81. The first-order chi connectivity index (χ1) is 11.8. The fourth-order valence-corrected chi connectivity index (χ4v) is 1.90. The van der Waals surface area contributed by atoms with Gasteiger partial charge in [0.15, 0.2) is 11.5 Å². The Morgan fingerprint density at radius 1 is 1.24 bits per heavy atom. The number of nitrogens with zero attached hydrogens (tertiary/aromatic N) is 2. The Morgan fingerprint density at radius 2 is 1.92 bits per heavy atom. The number of nitriles is 2. The lowest BCUT2D eigenvalue weighted by atomic mass is 10.1. The Hall–Kier alpha value is -2.97. The van der Waals surface area contributed by atoms with E-state index in [1.54, 1.807) is 20.8 Å². The van der Waals surface area contributed by atoms with Gasteiger partial charge in [-0.05, 0) is 20.8 Å². The van der Waals surface area contributed by atoms with Crippen LogP contribution in [0.2, 0.25) is 0 Å². The molecule has 0 aliphatic carbocycles. The Morgan fingerprint density at radius 3 is 2.40 bits per heavy atom. The lowest BCUT2D eigenvalue weighted by Gasteiger charge is -2.20. The minimum atomic E-state index is -0.977. The third-order valence-electron chi connectivity index (χ3n) is 2.88. The van der Waals surface area contributed by atoms with Gasteiger partial charge in [0, 0.05) is 19.7 Å². The summed E-state index contributed by atoms with van der Waals surface area (Å²) >= 11 is 0. The molecule has 0 aromatic heterocycles. The number of methoxy groups -OCH3 is 2. The SMILES string of the molecule is COCCNc1c(C#N)cc(OC)c(OC(=O)OC(C)(C)C)c1C#N. The standard InChI is InChI=1S/C17H21N3O5/c1-17(2,3)25-16(21)24-15-12(10-19)14(20-6-7-22-4)11(9-18)8-13(15)23-5/h8,20H,6-7H2,1-5H3. The maximum atomic E-state index is 12.0. The summed E-state index contributed by atoms with van der Waals surface area (Å²) < 4.78 is 20.4. The van der Waals surface area contributed by atoms with Gasteiger partial charge in [-0.1, -0.05) is 0 Å². The Kier molecular flexibility index (Phi) is 7.04. The van der Waals surface area contributed by atoms with Crippen molar-refractivity contribution in [2.24, 2.45) is 0 Å². The van der Waals surface area contributed by atoms with E-state index >= 15 is 0 Å². The van der Waals surface area contributed by atoms with Crippen LogP contribution in [0.1, 0.15) is 31.9 Å². The molecule has 0 bridgehead atoms. The number of ether oxygens (including phenoxy) is 4. The van der Waals surface area contributed by atoms with Crippen LogP contribution in [0, 0.1) is 22.7 Å². The van der Waals surface area contributed by atoms with Crippen molar-refractivity contribution in [3.05, 3.63) is 17.2 Å². The first-order valence-corrected chi connectivity index (χ1v) is 7.46. The first-order valence-electron chi connectivity index (χ1n) is 7.46. The quantitative estimate of drug-likeness (QED) is 0.475. The molecule has 1 N–H and O–H groups in total. The summed E-state index contributed by atoms with van der Waals surface area (Å²) in [5, 5.41) is 21.8. The number of hydrogen-bond acceptors (Lipinski definition) is 8. The third-order valence-corrected chi connectivity index (χ3v) is 2.88. The zero-order valence-corrected chi connectivity index (χ0v) is 14.9. The van der Waals surface area contributed by atoms with E-state index in [0.717, 1.165) is 0 Å². The van der Waals surface area contributed by atoms with Crippen LogP contribution in [0.3, 0.4) is 0 Å². The summed E-state index contributed by atoms with van der Waals surface area (Å²) in [5.41, 5.74) is -0.371. The lowest BCUT2D eigenvalue weighted by Crippen LogP contribution is -2.26. The Bertz CT molecular complexity index is 711. The van der Waals surface area contributed by atoms with Gasteiger partial charge in [0.25, 0.3) is 0 Å². The Balaban J connectivity index is 3.34. The van der Waals surface area contributed by atoms with Crippen molar-refractivity contribution in [1.82, 2.24) is 0 Å². The number of nitrogens with one attached hydrogen (secondary N) is 1. The summed E-state index contributed by atoms with van der Waals surface area (Å²) in [6.07, 6.45) is -0.977. The highest BCUT2D eigenvalue weighted by molar-refractivity contribution is 5.78. The van der Waals surface area contributed by atoms with Crippen molar-refractivity contribution in [3.8, 4) is 23.6 Å². The number of hydrogen-bond donors (Lipinski definition) is 1. The largest absolute Gasteiger partial charge is 0.514 e. The smallest absolute Gasteiger partial charge is 0.493 e. The molecule has 0 aliphatic rings. The van der Waals surface area contributed by atoms with Gasteiger partial charge in [-0.3, -0.25) is 0 Å². The molecule has 0 unspecified atom stereocenters. The molecule has 134 valence electrons. The molecule has 1 aromatic carbocycles. The summed E-state index contributed by atoms with van der Waals surface area (Å²) in [4.78, 5) is 12.0. The molecule has 0 aliphatic heterocycles. The molecule has 0 saturated carbocycles. The molecule has 8 heteroatoms. The number of benzene rings is 1. The average Bonchev–Trinajstić information content (AvgIpc) is 2.53. The molecular formula is C17H21N3O5. The van der Waals surface area contributed by atoms with Crippen molar-refractivity contribution in [1.29, 1.82) is 10.5 Å². The molecule has 8 nitrogen and oxygen atoms in total. The highest BCUT2D eigenvalue weighted by Gasteiger charge is 2.25. The van der Waals surface area contributed by atoms with Crippen LogP contribution in [-0.2, 0) is 9.47 Å². The van der Waals surface area contributed by atoms with Gasteiger partial charge in [-0.15, -0.1) is 0 Å². The van der Waals surface area contributed by atoms with E-state index in [-0.39, 0.29) is 28.3 Å². The predicted molar refractivity (Wildman–Crippen MR) is 89.7 cm³/mol. The zero-order chi connectivity index (χ0) is 19.0. The second-order valence-corrected chi connectivity index (χ2v) is 5.92. The molecular weight excluding hydrogens is 326 g/mol. The zero-order valence-electron chi connectivity index (χ0n) is 14.9. The maximum absolute atomic E-state index is 12.0. The lowest BCUT2D eigenvalue weighted by molar-refractivity contribution is 0.0200. The van der Waals surface area contributed by atoms with Crippen molar-refractivity contribution >= 4 is 11.8 Å². The van der Waals surface area contributed by atoms with Crippen molar-refractivity contribution < 1.29 is 23.7 Å². The maximum Gasteiger partial charge on any atom is 0.514 e. The Labute approximate surface area is 146 Å². The van der Waals surface area contributed by atoms with E-state index in [2.05, 4.69) is 5.32 Å². The molecule has 0 radical (unpaired) electrons. The topological polar surface area (TPSA) is 114 Å².